The second-order valence-corrected chi connectivity index (χ2v) is 6.69. The summed E-state index contributed by atoms with van der Waals surface area (Å²) in [6, 6.07) is 5.47. The summed E-state index contributed by atoms with van der Waals surface area (Å²) in [7, 11) is 0. The molecule has 1 aromatic rings. The highest BCUT2D eigenvalue weighted by Gasteiger charge is 2.37. The van der Waals surface area contributed by atoms with E-state index in [9.17, 15) is 18.8 Å². The van der Waals surface area contributed by atoms with Crippen molar-refractivity contribution in [2.45, 2.75) is 52.0 Å². The van der Waals surface area contributed by atoms with Crippen molar-refractivity contribution >= 4 is 17.7 Å². The lowest BCUT2D eigenvalue weighted by atomic mass is 9.99. The van der Waals surface area contributed by atoms with Crippen LogP contribution < -0.4 is 0 Å². The lowest BCUT2D eigenvalue weighted by molar-refractivity contribution is -0.145. The van der Waals surface area contributed by atoms with Gasteiger partial charge in [0.15, 0.2) is 0 Å². The normalized spacial score (nSPS) is 18.0. The van der Waals surface area contributed by atoms with Gasteiger partial charge in [-0.25, -0.2) is 4.39 Å². The number of carbonyl (C=O) groups excluding carboxylic acids is 3. The molecule has 1 saturated heterocycles. The molecule has 1 heterocycles. The van der Waals surface area contributed by atoms with Gasteiger partial charge in [0.2, 0.25) is 5.91 Å². The van der Waals surface area contributed by atoms with Gasteiger partial charge in [0.25, 0.3) is 0 Å². The zero-order chi connectivity index (χ0) is 19.1. The third-order valence-electron chi connectivity index (χ3n) is 4.71. The van der Waals surface area contributed by atoms with Crippen LogP contribution in [-0.2, 0) is 19.1 Å². The maximum atomic E-state index is 13.7. The van der Waals surface area contributed by atoms with Gasteiger partial charge in [-0.2, -0.15) is 0 Å². The lowest BCUT2D eigenvalue weighted by Gasteiger charge is -2.28. The minimum atomic E-state index is -0.532. The molecule has 0 bridgehead atoms. The molecular formula is C20H26FNO4. The summed E-state index contributed by atoms with van der Waals surface area (Å²) in [5.74, 6) is -0.873. The predicted octanol–water partition coefficient (Wildman–Crippen LogP) is 3.43. The van der Waals surface area contributed by atoms with E-state index in [0.29, 0.717) is 37.8 Å². The predicted molar refractivity (Wildman–Crippen MR) is 94.7 cm³/mol. The molecule has 2 unspecified atom stereocenters. The van der Waals surface area contributed by atoms with Crippen molar-refractivity contribution in [3.05, 3.63) is 35.6 Å². The van der Waals surface area contributed by atoms with Crippen LogP contribution in [0.15, 0.2) is 24.3 Å². The van der Waals surface area contributed by atoms with E-state index < -0.39 is 17.8 Å². The number of nitrogens with zero attached hydrogens (tertiary/aromatic N) is 1. The van der Waals surface area contributed by atoms with E-state index in [1.165, 1.54) is 12.1 Å². The van der Waals surface area contributed by atoms with Gasteiger partial charge < -0.3 is 14.4 Å². The summed E-state index contributed by atoms with van der Waals surface area (Å²) < 4.78 is 18.7. The zero-order valence-corrected chi connectivity index (χ0v) is 15.4. The molecule has 0 spiro atoms. The molecule has 0 aromatic heterocycles. The third-order valence-corrected chi connectivity index (χ3v) is 4.71. The minimum absolute atomic E-state index is 0.00317. The van der Waals surface area contributed by atoms with Crippen LogP contribution in [0, 0.1) is 11.7 Å². The number of benzene rings is 1. The number of esters is 1. The van der Waals surface area contributed by atoms with Crippen LogP contribution >= 0.6 is 0 Å². The SMILES string of the molecule is CCOC(=O)CC(c1cccc(F)c1)N1CCC(CCCC(C)=O)C1=O. The van der Waals surface area contributed by atoms with E-state index >= 15 is 0 Å². The van der Waals surface area contributed by atoms with Crippen molar-refractivity contribution in [2.24, 2.45) is 5.92 Å². The van der Waals surface area contributed by atoms with E-state index in [-0.39, 0.29) is 30.6 Å². The fourth-order valence-corrected chi connectivity index (χ4v) is 3.44. The minimum Gasteiger partial charge on any atom is -0.466 e. The van der Waals surface area contributed by atoms with Gasteiger partial charge in [-0.05, 0) is 50.8 Å². The van der Waals surface area contributed by atoms with Gasteiger partial charge in [0.05, 0.1) is 19.1 Å². The first-order chi connectivity index (χ1) is 12.4. The number of ether oxygens (including phenoxy) is 1. The van der Waals surface area contributed by atoms with Crippen molar-refractivity contribution < 1.29 is 23.5 Å². The Morgan fingerprint density at radius 3 is 2.81 bits per heavy atom. The van der Waals surface area contributed by atoms with Gasteiger partial charge in [-0.3, -0.25) is 9.59 Å². The van der Waals surface area contributed by atoms with E-state index in [2.05, 4.69) is 0 Å². The number of carbonyl (C=O) groups is 3. The Morgan fingerprint density at radius 1 is 1.38 bits per heavy atom. The number of hydrogen-bond donors (Lipinski definition) is 0. The highest BCUT2D eigenvalue weighted by molar-refractivity contribution is 5.82. The fraction of sp³-hybridized carbons (Fsp3) is 0.550. The Labute approximate surface area is 153 Å². The molecule has 2 rings (SSSR count). The van der Waals surface area contributed by atoms with Crippen LogP contribution in [0.5, 0.6) is 0 Å². The summed E-state index contributed by atoms with van der Waals surface area (Å²) in [5.41, 5.74) is 0.593. The first-order valence-electron chi connectivity index (χ1n) is 9.13. The molecule has 142 valence electrons. The molecule has 1 aliphatic heterocycles. The summed E-state index contributed by atoms with van der Waals surface area (Å²) in [4.78, 5) is 37.6. The molecule has 6 heteroatoms. The van der Waals surface area contributed by atoms with E-state index in [4.69, 9.17) is 4.74 Å². The molecule has 26 heavy (non-hydrogen) atoms. The van der Waals surface area contributed by atoms with Gasteiger partial charge in [0, 0.05) is 18.9 Å². The van der Waals surface area contributed by atoms with Crippen molar-refractivity contribution in [1.29, 1.82) is 0 Å². The molecule has 0 N–H and O–H groups in total. The summed E-state index contributed by atoms with van der Waals surface area (Å²) in [6.07, 6.45) is 2.50. The summed E-state index contributed by atoms with van der Waals surface area (Å²) in [6.45, 7) is 4.05. The zero-order valence-electron chi connectivity index (χ0n) is 15.4. The van der Waals surface area contributed by atoms with Crippen LogP contribution in [0.25, 0.3) is 0 Å². The molecule has 2 atom stereocenters. The van der Waals surface area contributed by atoms with Crippen molar-refractivity contribution in [1.82, 2.24) is 4.90 Å². The largest absolute Gasteiger partial charge is 0.466 e. The molecule has 1 aromatic carbocycles. The third kappa shape index (κ3) is 5.38. The Hall–Kier alpha value is -2.24. The topological polar surface area (TPSA) is 63.7 Å². The van der Waals surface area contributed by atoms with E-state index in [1.54, 1.807) is 30.9 Å². The number of halogens is 1. The Balaban J connectivity index is 2.13. The Morgan fingerprint density at radius 2 is 2.15 bits per heavy atom. The average molecular weight is 363 g/mol. The number of hydrogen-bond acceptors (Lipinski definition) is 4. The van der Waals surface area contributed by atoms with Gasteiger partial charge in [0.1, 0.15) is 11.6 Å². The van der Waals surface area contributed by atoms with Gasteiger partial charge in [-0.1, -0.05) is 12.1 Å². The van der Waals surface area contributed by atoms with Crippen LogP contribution in [0.1, 0.15) is 57.6 Å². The van der Waals surface area contributed by atoms with Gasteiger partial charge in [-0.15, -0.1) is 0 Å². The number of amides is 1. The molecule has 0 saturated carbocycles. The van der Waals surface area contributed by atoms with Gasteiger partial charge >= 0.3 is 5.97 Å². The molecule has 0 radical (unpaired) electrons. The monoisotopic (exact) mass is 363 g/mol. The smallest absolute Gasteiger partial charge is 0.308 e. The molecular weight excluding hydrogens is 337 g/mol. The van der Waals surface area contributed by atoms with E-state index in [1.807, 2.05) is 0 Å². The lowest BCUT2D eigenvalue weighted by Crippen LogP contribution is -2.33. The van der Waals surface area contributed by atoms with Crippen molar-refractivity contribution in [3.8, 4) is 0 Å². The summed E-state index contributed by atoms with van der Waals surface area (Å²) in [5, 5.41) is 0. The van der Waals surface area contributed by atoms with E-state index in [0.717, 1.165) is 0 Å². The number of Topliss-reactive ketones (excluding diaryl/α,β-unsaturated/α-hetero) is 1. The van der Waals surface area contributed by atoms with Crippen LogP contribution in [-0.4, -0.2) is 35.7 Å². The molecule has 0 aliphatic carbocycles. The van der Waals surface area contributed by atoms with Crippen molar-refractivity contribution in [2.75, 3.05) is 13.2 Å². The Kier molecular flexibility index (Phi) is 7.30. The number of likely N-dealkylation sites (tertiary alicyclic amines) is 1. The molecule has 1 fully saturated rings. The Bertz CT molecular complexity index is 661. The first-order valence-corrected chi connectivity index (χ1v) is 9.13. The molecule has 5 nitrogen and oxygen atoms in total. The highest BCUT2D eigenvalue weighted by Crippen LogP contribution is 2.33. The highest BCUT2D eigenvalue weighted by atomic mass is 19.1. The standard InChI is InChI=1S/C20H26FNO4/c1-3-26-19(24)13-18(16-8-5-9-17(21)12-16)22-11-10-15(20(22)25)7-4-6-14(2)23/h5,8-9,12,15,18H,3-4,6-7,10-11,13H2,1-2H3. The maximum absolute atomic E-state index is 13.7. The number of ketones is 1. The second-order valence-electron chi connectivity index (χ2n) is 6.69. The molecule has 1 amide bonds. The quantitative estimate of drug-likeness (QED) is 0.631. The maximum Gasteiger partial charge on any atom is 0.308 e. The van der Waals surface area contributed by atoms with Crippen LogP contribution in [0.2, 0.25) is 0 Å². The molecule has 1 aliphatic rings. The number of rotatable bonds is 9. The average Bonchev–Trinajstić information content (AvgIpc) is 2.93. The summed E-state index contributed by atoms with van der Waals surface area (Å²) >= 11 is 0. The van der Waals surface area contributed by atoms with Crippen LogP contribution in [0.4, 0.5) is 4.39 Å². The first kappa shape index (κ1) is 20.1. The second kappa shape index (κ2) is 9.46. The van der Waals surface area contributed by atoms with Crippen molar-refractivity contribution in [3.63, 3.8) is 0 Å². The van der Waals surface area contributed by atoms with Crippen LogP contribution in [0.3, 0.4) is 0 Å². The fourth-order valence-electron chi connectivity index (χ4n) is 3.44.